The second kappa shape index (κ2) is 2.67. The fourth-order valence-corrected chi connectivity index (χ4v) is 2.38. The van der Waals surface area contributed by atoms with Crippen LogP contribution < -0.4 is 0 Å². The van der Waals surface area contributed by atoms with Gasteiger partial charge < -0.3 is 0 Å². The highest BCUT2D eigenvalue weighted by molar-refractivity contribution is 7.23. The third kappa shape index (κ3) is 1.13. The van der Waals surface area contributed by atoms with Crippen LogP contribution in [-0.2, 0) is 0 Å². The minimum atomic E-state index is 0.618. The van der Waals surface area contributed by atoms with Gasteiger partial charge in [-0.1, -0.05) is 35.3 Å². The second-order valence-corrected chi connectivity index (χ2v) is 4.13. The molecule has 0 atom stereocenters. The Morgan fingerprint density at radius 2 is 2.18 bits per heavy atom. The van der Waals surface area contributed by atoms with Gasteiger partial charge in [0, 0.05) is 10.1 Å². The van der Waals surface area contributed by atoms with E-state index < -0.39 is 0 Å². The molecule has 0 spiro atoms. The minimum Gasteiger partial charge on any atom is -0.122 e. The van der Waals surface area contributed by atoms with Crippen LogP contribution in [0.15, 0.2) is 18.2 Å². The largest absolute Gasteiger partial charge is 0.122 e. The van der Waals surface area contributed by atoms with Crippen molar-refractivity contribution < 1.29 is 0 Å². The number of halogens is 2. The van der Waals surface area contributed by atoms with Crippen molar-refractivity contribution in [3.63, 3.8) is 0 Å². The molecule has 1 radical (unpaired) electrons. The van der Waals surface area contributed by atoms with E-state index in [0.29, 0.717) is 9.36 Å². The molecule has 0 N–H and O–H groups in total. The Balaban J connectivity index is 2.92. The van der Waals surface area contributed by atoms with E-state index in [0.717, 1.165) is 10.1 Å². The summed E-state index contributed by atoms with van der Waals surface area (Å²) in [6.07, 6.45) is 0. The van der Waals surface area contributed by atoms with Crippen LogP contribution in [0.4, 0.5) is 0 Å². The smallest absolute Gasteiger partial charge is 0.113 e. The Hall–Kier alpha value is -0.240. The highest BCUT2D eigenvalue weighted by atomic mass is 35.5. The topological polar surface area (TPSA) is 0 Å². The molecule has 0 aliphatic heterocycles. The molecule has 0 unspecified atom stereocenters. The van der Waals surface area contributed by atoms with Gasteiger partial charge in [0.25, 0.3) is 0 Å². The third-order valence-electron chi connectivity index (χ3n) is 1.41. The molecule has 55 valence electrons. The van der Waals surface area contributed by atoms with Crippen LogP contribution in [0.5, 0.6) is 0 Å². The fraction of sp³-hybridized carbons (Fsp3) is 0. The standard InChI is InChI=1S/C8H3Cl2S/c9-7-5-3-1-2-4-6(5)11-8(7)10/h1-2,4H. The van der Waals surface area contributed by atoms with E-state index in [-0.39, 0.29) is 0 Å². The lowest BCUT2D eigenvalue weighted by Crippen LogP contribution is -1.61. The molecule has 0 aliphatic carbocycles. The summed E-state index contributed by atoms with van der Waals surface area (Å²) in [6, 6.07) is 8.77. The highest BCUT2D eigenvalue weighted by Crippen LogP contribution is 2.38. The van der Waals surface area contributed by atoms with Gasteiger partial charge in [-0.3, -0.25) is 0 Å². The van der Waals surface area contributed by atoms with Gasteiger partial charge in [-0.15, -0.1) is 11.3 Å². The Morgan fingerprint density at radius 1 is 1.36 bits per heavy atom. The van der Waals surface area contributed by atoms with Crippen LogP contribution in [0, 0.1) is 6.07 Å². The zero-order valence-electron chi connectivity index (χ0n) is 5.40. The van der Waals surface area contributed by atoms with Gasteiger partial charge >= 0.3 is 0 Å². The number of thiophene rings is 1. The summed E-state index contributed by atoms with van der Waals surface area (Å²) in [6.45, 7) is 0. The van der Waals surface area contributed by atoms with Crippen LogP contribution in [0.3, 0.4) is 0 Å². The summed E-state index contributed by atoms with van der Waals surface area (Å²) >= 11 is 13.2. The minimum absolute atomic E-state index is 0.618. The van der Waals surface area contributed by atoms with Crippen molar-refractivity contribution in [3.8, 4) is 0 Å². The number of hydrogen-bond acceptors (Lipinski definition) is 1. The molecule has 0 fully saturated rings. The third-order valence-corrected chi connectivity index (χ3v) is 3.36. The molecular weight excluding hydrogens is 199 g/mol. The number of hydrogen-bond donors (Lipinski definition) is 0. The van der Waals surface area contributed by atoms with E-state index in [1.165, 1.54) is 11.3 Å². The van der Waals surface area contributed by atoms with E-state index in [1.54, 1.807) is 0 Å². The maximum Gasteiger partial charge on any atom is 0.113 e. The molecule has 1 heterocycles. The Bertz CT molecular complexity index is 392. The van der Waals surface area contributed by atoms with E-state index in [2.05, 4.69) is 6.07 Å². The quantitative estimate of drug-likeness (QED) is 0.605. The van der Waals surface area contributed by atoms with Crippen LogP contribution in [0.25, 0.3) is 10.1 Å². The van der Waals surface area contributed by atoms with Crippen molar-refractivity contribution in [3.05, 3.63) is 33.6 Å². The lowest BCUT2D eigenvalue weighted by Gasteiger charge is -1.84. The normalized spacial score (nSPS) is 10.7. The lowest BCUT2D eigenvalue weighted by atomic mass is 10.3. The number of fused-ring (bicyclic) bond motifs is 1. The summed E-state index contributed by atoms with van der Waals surface area (Å²) in [5.41, 5.74) is 0. The monoisotopic (exact) mass is 201 g/mol. The first-order valence-corrected chi connectivity index (χ1v) is 4.60. The summed E-state index contributed by atoms with van der Waals surface area (Å²) in [5.74, 6) is 0. The van der Waals surface area contributed by atoms with Gasteiger partial charge in [-0.25, -0.2) is 0 Å². The fourth-order valence-electron chi connectivity index (χ4n) is 0.918. The van der Waals surface area contributed by atoms with E-state index in [1.807, 2.05) is 18.2 Å². The molecule has 0 aliphatic rings. The Kier molecular flexibility index (Phi) is 1.80. The molecular formula is C8H3Cl2S. The zero-order valence-corrected chi connectivity index (χ0v) is 7.72. The maximum absolute atomic E-state index is 5.89. The van der Waals surface area contributed by atoms with Crippen molar-refractivity contribution in [1.82, 2.24) is 0 Å². The summed E-state index contributed by atoms with van der Waals surface area (Å²) in [4.78, 5) is 0. The van der Waals surface area contributed by atoms with Gasteiger partial charge in [-0.05, 0) is 12.1 Å². The molecule has 2 aromatic rings. The SMILES string of the molecule is Clc1sc2ccc[c]c2c1Cl. The molecule has 0 nitrogen and oxygen atoms in total. The molecule has 11 heavy (non-hydrogen) atoms. The van der Waals surface area contributed by atoms with Crippen molar-refractivity contribution in [2.24, 2.45) is 0 Å². The Labute approximate surface area is 78.4 Å². The average Bonchev–Trinajstić information content (AvgIpc) is 2.30. The molecule has 0 bridgehead atoms. The number of rotatable bonds is 0. The number of benzene rings is 1. The molecule has 1 aromatic carbocycles. The van der Waals surface area contributed by atoms with Gasteiger partial charge in [-0.2, -0.15) is 0 Å². The first kappa shape index (κ1) is 7.41. The average molecular weight is 202 g/mol. The van der Waals surface area contributed by atoms with Gasteiger partial charge in [0.1, 0.15) is 4.34 Å². The molecule has 3 heteroatoms. The van der Waals surface area contributed by atoms with Gasteiger partial charge in [0.2, 0.25) is 0 Å². The lowest BCUT2D eigenvalue weighted by molar-refractivity contribution is 1.83. The Morgan fingerprint density at radius 3 is 2.91 bits per heavy atom. The van der Waals surface area contributed by atoms with Gasteiger partial charge in [0.15, 0.2) is 0 Å². The summed E-state index contributed by atoms with van der Waals surface area (Å²) in [7, 11) is 0. The van der Waals surface area contributed by atoms with Crippen molar-refractivity contribution in [1.29, 1.82) is 0 Å². The predicted molar refractivity (Wildman–Crippen MR) is 50.7 cm³/mol. The highest BCUT2D eigenvalue weighted by Gasteiger charge is 2.06. The molecule has 0 amide bonds. The predicted octanol–water partition coefficient (Wildman–Crippen LogP) is 4.01. The molecule has 0 saturated carbocycles. The van der Waals surface area contributed by atoms with Crippen LogP contribution in [0.2, 0.25) is 9.36 Å². The van der Waals surface area contributed by atoms with Crippen molar-refractivity contribution in [2.75, 3.05) is 0 Å². The summed E-state index contributed by atoms with van der Waals surface area (Å²) in [5, 5.41) is 1.54. The van der Waals surface area contributed by atoms with Crippen molar-refractivity contribution in [2.45, 2.75) is 0 Å². The van der Waals surface area contributed by atoms with Crippen LogP contribution >= 0.6 is 34.5 Å². The molecule has 2 rings (SSSR count). The van der Waals surface area contributed by atoms with E-state index in [9.17, 15) is 0 Å². The van der Waals surface area contributed by atoms with E-state index in [4.69, 9.17) is 23.2 Å². The molecule has 0 saturated heterocycles. The molecule has 1 aromatic heterocycles. The van der Waals surface area contributed by atoms with Crippen molar-refractivity contribution >= 4 is 44.6 Å². The van der Waals surface area contributed by atoms with Crippen LogP contribution in [-0.4, -0.2) is 0 Å². The van der Waals surface area contributed by atoms with Gasteiger partial charge in [0.05, 0.1) is 5.02 Å². The first-order chi connectivity index (χ1) is 5.29. The zero-order chi connectivity index (χ0) is 7.84. The first-order valence-electron chi connectivity index (χ1n) is 3.03. The second-order valence-electron chi connectivity index (χ2n) is 2.10. The van der Waals surface area contributed by atoms with Crippen LogP contribution in [0.1, 0.15) is 0 Å². The maximum atomic E-state index is 5.89. The summed E-state index contributed by atoms with van der Waals surface area (Å²) < 4.78 is 1.73. The van der Waals surface area contributed by atoms with E-state index >= 15 is 0 Å².